The number of hydrogen-bond acceptors (Lipinski definition) is 3. The zero-order valence-corrected chi connectivity index (χ0v) is 10.8. The average molecular weight is 252 g/mol. The third-order valence-corrected chi connectivity index (χ3v) is 4.75. The molecule has 3 heteroatoms. The quantitative estimate of drug-likeness (QED) is 0.846. The summed E-state index contributed by atoms with van der Waals surface area (Å²) in [6.45, 7) is 0. The molecule has 0 spiro atoms. The number of rotatable bonds is 5. The van der Waals surface area contributed by atoms with Gasteiger partial charge in [0.2, 0.25) is 0 Å². The topological polar surface area (TPSA) is 40.5 Å². The van der Waals surface area contributed by atoms with Gasteiger partial charge in [0.05, 0.1) is 6.10 Å². The van der Waals surface area contributed by atoms with Gasteiger partial charge in [-0.05, 0) is 37.0 Å². The van der Waals surface area contributed by atoms with Gasteiger partial charge >= 0.3 is 0 Å². The molecule has 2 nitrogen and oxygen atoms in total. The van der Waals surface area contributed by atoms with Gasteiger partial charge in [0.25, 0.3) is 0 Å². The summed E-state index contributed by atoms with van der Waals surface area (Å²) in [6.07, 6.45) is 5.75. The molecule has 1 unspecified atom stereocenters. The lowest BCUT2D eigenvalue weighted by Crippen LogP contribution is -2.15. The van der Waals surface area contributed by atoms with Gasteiger partial charge in [-0.25, -0.2) is 0 Å². The predicted octanol–water partition coefficient (Wildman–Crippen LogP) is 2.97. The fraction of sp³-hybridized carbons (Fsp3) is 0.571. The molecule has 0 radical (unpaired) electrons. The molecule has 0 aliphatic heterocycles. The number of aliphatic hydroxyl groups excluding tert-OH is 1. The van der Waals surface area contributed by atoms with Crippen LogP contribution >= 0.6 is 11.8 Å². The summed E-state index contributed by atoms with van der Waals surface area (Å²) in [5.41, 5.74) is 1.09. The van der Waals surface area contributed by atoms with Crippen LogP contribution in [0, 0.1) is 0 Å². The number of benzene rings is 1. The molecule has 1 fully saturated rings. The predicted molar refractivity (Wildman–Crippen MR) is 72.5 cm³/mol. The van der Waals surface area contributed by atoms with Crippen molar-refractivity contribution in [1.29, 1.82) is 0 Å². The molecule has 1 saturated carbocycles. The monoisotopic (exact) mass is 252 g/mol. The highest BCUT2D eigenvalue weighted by Gasteiger charge is 2.17. The Bertz CT molecular complexity index is 331. The summed E-state index contributed by atoms with van der Waals surface area (Å²) in [5, 5.41) is 19.9. The van der Waals surface area contributed by atoms with E-state index in [2.05, 4.69) is 0 Å². The molecule has 17 heavy (non-hydrogen) atoms. The lowest BCUT2D eigenvalue weighted by Gasteiger charge is -2.13. The van der Waals surface area contributed by atoms with Crippen LogP contribution in [0.1, 0.15) is 31.2 Å². The third-order valence-electron chi connectivity index (χ3n) is 3.23. The average Bonchev–Trinajstić information content (AvgIpc) is 2.83. The smallest absolute Gasteiger partial charge is 0.115 e. The zero-order chi connectivity index (χ0) is 12.1. The molecule has 0 heterocycles. The lowest BCUT2D eigenvalue weighted by molar-refractivity contribution is 0.200. The van der Waals surface area contributed by atoms with Crippen LogP contribution in [0.5, 0.6) is 5.75 Å². The van der Waals surface area contributed by atoms with Gasteiger partial charge in [-0.1, -0.05) is 25.0 Å². The van der Waals surface area contributed by atoms with E-state index in [1.165, 1.54) is 25.7 Å². The van der Waals surface area contributed by atoms with Crippen molar-refractivity contribution in [2.24, 2.45) is 0 Å². The SMILES string of the molecule is Oc1ccc(CC(O)CSC2CCCC2)cc1. The van der Waals surface area contributed by atoms with Crippen molar-refractivity contribution in [3.8, 4) is 5.75 Å². The Labute approximate surface area is 107 Å². The Kier molecular flexibility index (Phi) is 4.75. The number of phenols is 1. The molecule has 1 aliphatic carbocycles. The molecule has 0 aromatic heterocycles. The maximum absolute atomic E-state index is 9.95. The van der Waals surface area contributed by atoms with Crippen LogP contribution in [0.2, 0.25) is 0 Å². The van der Waals surface area contributed by atoms with Gasteiger partial charge in [-0.2, -0.15) is 11.8 Å². The number of thioether (sulfide) groups is 1. The van der Waals surface area contributed by atoms with E-state index in [1.807, 2.05) is 23.9 Å². The van der Waals surface area contributed by atoms with E-state index in [0.29, 0.717) is 6.42 Å². The summed E-state index contributed by atoms with van der Waals surface area (Å²) in [5.74, 6) is 1.11. The lowest BCUT2D eigenvalue weighted by atomic mass is 10.1. The van der Waals surface area contributed by atoms with Crippen LogP contribution in [0.15, 0.2) is 24.3 Å². The zero-order valence-electron chi connectivity index (χ0n) is 10.0. The Morgan fingerprint density at radius 1 is 1.18 bits per heavy atom. The molecule has 0 saturated heterocycles. The highest BCUT2D eigenvalue weighted by atomic mass is 32.2. The number of phenolic OH excluding ortho intramolecular Hbond substituents is 1. The minimum atomic E-state index is -0.273. The second kappa shape index (κ2) is 6.31. The molecular weight excluding hydrogens is 232 g/mol. The van der Waals surface area contributed by atoms with Crippen molar-refractivity contribution in [2.75, 3.05) is 5.75 Å². The molecule has 1 aliphatic rings. The maximum atomic E-state index is 9.95. The van der Waals surface area contributed by atoms with Crippen molar-refractivity contribution >= 4 is 11.8 Å². The second-order valence-electron chi connectivity index (χ2n) is 4.76. The molecule has 2 rings (SSSR count). The fourth-order valence-electron chi connectivity index (χ4n) is 2.27. The molecule has 1 aromatic rings. The highest BCUT2D eigenvalue weighted by Crippen LogP contribution is 2.30. The molecule has 94 valence electrons. The van der Waals surface area contributed by atoms with Crippen LogP contribution in [-0.2, 0) is 6.42 Å². The normalized spacial score (nSPS) is 18.4. The van der Waals surface area contributed by atoms with Crippen LogP contribution in [0.4, 0.5) is 0 Å². The van der Waals surface area contributed by atoms with Gasteiger partial charge in [-0.15, -0.1) is 0 Å². The first-order valence-electron chi connectivity index (χ1n) is 6.31. The molecule has 0 amide bonds. The van der Waals surface area contributed by atoms with Crippen molar-refractivity contribution in [2.45, 2.75) is 43.5 Å². The summed E-state index contributed by atoms with van der Waals surface area (Å²) in [6, 6.07) is 7.09. The fourth-order valence-corrected chi connectivity index (χ4v) is 3.54. The van der Waals surface area contributed by atoms with E-state index in [9.17, 15) is 10.2 Å². The van der Waals surface area contributed by atoms with Crippen molar-refractivity contribution in [1.82, 2.24) is 0 Å². The maximum Gasteiger partial charge on any atom is 0.115 e. The van der Waals surface area contributed by atoms with Crippen molar-refractivity contribution in [3.63, 3.8) is 0 Å². The highest BCUT2D eigenvalue weighted by molar-refractivity contribution is 7.99. The summed E-state index contributed by atoms with van der Waals surface area (Å²) >= 11 is 1.92. The third kappa shape index (κ3) is 4.25. The van der Waals surface area contributed by atoms with E-state index in [-0.39, 0.29) is 11.9 Å². The molecule has 1 aromatic carbocycles. The largest absolute Gasteiger partial charge is 0.508 e. The van der Waals surface area contributed by atoms with Gasteiger partial charge in [-0.3, -0.25) is 0 Å². The summed E-state index contributed by atoms with van der Waals surface area (Å²) in [7, 11) is 0. The minimum absolute atomic E-state index is 0.273. The van der Waals surface area contributed by atoms with E-state index >= 15 is 0 Å². The second-order valence-corrected chi connectivity index (χ2v) is 6.10. The minimum Gasteiger partial charge on any atom is -0.508 e. The Hall–Kier alpha value is -0.670. The number of aromatic hydroxyl groups is 1. The Morgan fingerprint density at radius 3 is 2.47 bits per heavy atom. The Balaban J connectivity index is 1.72. The first-order chi connectivity index (χ1) is 8.24. The van der Waals surface area contributed by atoms with Crippen molar-refractivity contribution < 1.29 is 10.2 Å². The van der Waals surface area contributed by atoms with E-state index in [0.717, 1.165) is 16.6 Å². The molecule has 0 bridgehead atoms. The molecule has 1 atom stereocenters. The van der Waals surface area contributed by atoms with Crippen LogP contribution < -0.4 is 0 Å². The van der Waals surface area contributed by atoms with Crippen molar-refractivity contribution in [3.05, 3.63) is 29.8 Å². The van der Waals surface area contributed by atoms with E-state index < -0.39 is 0 Å². The molecule has 2 N–H and O–H groups in total. The van der Waals surface area contributed by atoms with E-state index in [4.69, 9.17) is 0 Å². The van der Waals surface area contributed by atoms with Gasteiger partial charge < -0.3 is 10.2 Å². The first-order valence-corrected chi connectivity index (χ1v) is 7.36. The Morgan fingerprint density at radius 2 is 1.82 bits per heavy atom. The van der Waals surface area contributed by atoms with Crippen LogP contribution in [-0.4, -0.2) is 27.3 Å². The van der Waals surface area contributed by atoms with Crippen LogP contribution in [0.25, 0.3) is 0 Å². The van der Waals surface area contributed by atoms with Gasteiger partial charge in [0.15, 0.2) is 0 Å². The van der Waals surface area contributed by atoms with E-state index in [1.54, 1.807) is 12.1 Å². The van der Waals surface area contributed by atoms with Crippen LogP contribution in [0.3, 0.4) is 0 Å². The number of hydrogen-bond donors (Lipinski definition) is 2. The van der Waals surface area contributed by atoms with Gasteiger partial charge in [0.1, 0.15) is 5.75 Å². The first kappa shape index (κ1) is 12.8. The summed E-state index contributed by atoms with van der Waals surface area (Å²) in [4.78, 5) is 0. The van der Waals surface area contributed by atoms with Gasteiger partial charge in [0, 0.05) is 11.0 Å². The standard InChI is InChI=1S/C14H20O2S/c15-12-7-5-11(6-8-12)9-13(16)10-17-14-3-1-2-4-14/h5-8,13-16H,1-4,9-10H2. The number of aliphatic hydroxyl groups is 1. The summed E-state index contributed by atoms with van der Waals surface area (Å²) < 4.78 is 0. The molecular formula is C14H20O2S.